The third kappa shape index (κ3) is 5.27. The largest absolute Gasteiger partial charge is 0.391 e. The van der Waals surface area contributed by atoms with Crippen molar-refractivity contribution in [3.63, 3.8) is 0 Å². The van der Waals surface area contributed by atoms with Crippen molar-refractivity contribution in [1.82, 2.24) is 5.32 Å². The molecule has 0 fully saturated rings. The molecule has 0 saturated heterocycles. The van der Waals surface area contributed by atoms with Crippen molar-refractivity contribution < 1.29 is 9.90 Å². The fourth-order valence-electron chi connectivity index (χ4n) is 0.976. The zero-order valence-corrected chi connectivity index (χ0v) is 7.92. The van der Waals surface area contributed by atoms with E-state index in [1.54, 1.807) is 6.92 Å². The predicted octanol–water partition coefficient (Wildman–Crippen LogP) is 0.714. The van der Waals surface area contributed by atoms with E-state index < -0.39 is 12.1 Å². The minimum absolute atomic E-state index is 0.401. The lowest BCUT2D eigenvalue weighted by molar-refractivity contribution is -0.111. The van der Waals surface area contributed by atoms with Crippen molar-refractivity contribution in [1.29, 1.82) is 0 Å². The van der Waals surface area contributed by atoms with E-state index in [0.717, 1.165) is 19.3 Å². The summed E-state index contributed by atoms with van der Waals surface area (Å²) >= 11 is 0. The van der Waals surface area contributed by atoms with Gasteiger partial charge in [0.25, 0.3) is 0 Å². The fraction of sp³-hybridized carbons (Fsp3) is 0.889. The first-order valence-electron chi connectivity index (χ1n) is 4.59. The molecule has 0 amide bonds. The van der Waals surface area contributed by atoms with Crippen LogP contribution in [0.15, 0.2) is 0 Å². The van der Waals surface area contributed by atoms with Gasteiger partial charge in [-0.1, -0.05) is 19.8 Å². The van der Waals surface area contributed by atoms with Gasteiger partial charge in [-0.2, -0.15) is 0 Å². The van der Waals surface area contributed by atoms with Gasteiger partial charge in [0.05, 0.1) is 12.1 Å². The molecule has 0 unspecified atom stereocenters. The van der Waals surface area contributed by atoms with Crippen LogP contribution in [0.1, 0.15) is 33.1 Å². The summed E-state index contributed by atoms with van der Waals surface area (Å²) in [6, 6.07) is -0.401. The lowest BCUT2D eigenvalue weighted by Gasteiger charge is -2.14. The van der Waals surface area contributed by atoms with E-state index in [9.17, 15) is 4.79 Å². The first-order valence-corrected chi connectivity index (χ1v) is 4.59. The Bertz CT molecular complexity index is 115. The second-order valence-electron chi connectivity index (χ2n) is 3.06. The SMILES string of the molecule is CCCCCN[C@H](C=O)[C@@H](C)O. The molecule has 3 heteroatoms. The Hall–Kier alpha value is -0.410. The van der Waals surface area contributed by atoms with Crippen LogP contribution in [0.2, 0.25) is 0 Å². The summed E-state index contributed by atoms with van der Waals surface area (Å²) < 4.78 is 0. The molecule has 2 atom stereocenters. The first kappa shape index (κ1) is 11.6. The van der Waals surface area contributed by atoms with E-state index in [0.29, 0.717) is 0 Å². The summed E-state index contributed by atoms with van der Waals surface area (Å²) in [5.74, 6) is 0. The van der Waals surface area contributed by atoms with Crippen molar-refractivity contribution >= 4 is 6.29 Å². The molecule has 0 radical (unpaired) electrons. The molecule has 0 aromatic rings. The van der Waals surface area contributed by atoms with E-state index in [4.69, 9.17) is 5.11 Å². The molecule has 72 valence electrons. The maximum atomic E-state index is 10.4. The number of aliphatic hydroxyl groups is 1. The number of carbonyl (C=O) groups is 1. The maximum Gasteiger partial charge on any atom is 0.139 e. The van der Waals surface area contributed by atoms with Crippen molar-refractivity contribution in [3.05, 3.63) is 0 Å². The summed E-state index contributed by atoms with van der Waals surface area (Å²) in [5, 5.41) is 12.1. The van der Waals surface area contributed by atoms with Crippen LogP contribution in [0.3, 0.4) is 0 Å². The Labute approximate surface area is 74.2 Å². The zero-order valence-electron chi connectivity index (χ0n) is 7.92. The van der Waals surface area contributed by atoms with Gasteiger partial charge in [0.1, 0.15) is 6.29 Å². The maximum absolute atomic E-state index is 10.4. The molecule has 0 aromatic carbocycles. The molecule has 3 nitrogen and oxygen atoms in total. The normalized spacial score (nSPS) is 15.6. The topological polar surface area (TPSA) is 49.3 Å². The fourth-order valence-corrected chi connectivity index (χ4v) is 0.976. The van der Waals surface area contributed by atoms with Crippen LogP contribution in [0.4, 0.5) is 0 Å². The summed E-state index contributed by atoms with van der Waals surface area (Å²) in [4.78, 5) is 10.4. The predicted molar refractivity (Wildman–Crippen MR) is 49.1 cm³/mol. The van der Waals surface area contributed by atoms with Crippen LogP contribution < -0.4 is 5.32 Å². The van der Waals surface area contributed by atoms with Gasteiger partial charge in [-0.05, 0) is 19.9 Å². The van der Waals surface area contributed by atoms with Gasteiger partial charge in [0, 0.05) is 0 Å². The average molecular weight is 173 g/mol. The van der Waals surface area contributed by atoms with Gasteiger partial charge in [-0.3, -0.25) is 0 Å². The summed E-state index contributed by atoms with van der Waals surface area (Å²) in [6.07, 6.45) is 3.56. The Kier molecular flexibility index (Phi) is 7.00. The molecule has 0 aromatic heterocycles. The summed E-state index contributed by atoms with van der Waals surface area (Å²) in [6.45, 7) is 4.56. The van der Waals surface area contributed by atoms with Gasteiger partial charge < -0.3 is 15.2 Å². The monoisotopic (exact) mass is 173 g/mol. The Balaban J connectivity index is 3.38. The molecule has 0 rings (SSSR count). The van der Waals surface area contributed by atoms with Gasteiger partial charge in [-0.25, -0.2) is 0 Å². The number of hydrogen-bond acceptors (Lipinski definition) is 3. The molecule has 12 heavy (non-hydrogen) atoms. The molecule has 0 aliphatic heterocycles. The Morgan fingerprint density at radius 1 is 1.50 bits per heavy atom. The second kappa shape index (κ2) is 7.25. The average Bonchev–Trinajstić information content (AvgIpc) is 2.04. The van der Waals surface area contributed by atoms with E-state index in [1.165, 1.54) is 12.8 Å². The van der Waals surface area contributed by atoms with E-state index in [2.05, 4.69) is 12.2 Å². The third-order valence-corrected chi connectivity index (χ3v) is 1.83. The number of aliphatic hydroxyl groups excluding tert-OH is 1. The highest BCUT2D eigenvalue weighted by Gasteiger charge is 2.11. The quantitative estimate of drug-likeness (QED) is 0.440. The highest BCUT2D eigenvalue weighted by molar-refractivity contribution is 5.58. The minimum Gasteiger partial charge on any atom is -0.391 e. The number of carbonyl (C=O) groups excluding carboxylic acids is 1. The number of aldehydes is 1. The number of nitrogens with one attached hydrogen (secondary N) is 1. The summed E-state index contributed by atoms with van der Waals surface area (Å²) in [7, 11) is 0. The molecule has 0 bridgehead atoms. The van der Waals surface area contributed by atoms with Crippen LogP contribution in [0, 0.1) is 0 Å². The molecule has 0 spiro atoms. The molecular weight excluding hydrogens is 154 g/mol. The molecular formula is C9H19NO2. The van der Waals surface area contributed by atoms with Gasteiger partial charge in [0.15, 0.2) is 0 Å². The lowest BCUT2D eigenvalue weighted by atomic mass is 10.2. The van der Waals surface area contributed by atoms with Crippen LogP contribution in [0.25, 0.3) is 0 Å². The standard InChI is InChI=1S/C9H19NO2/c1-3-4-5-6-10-9(7-11)8(2)12/h7-10,12H,3-6H2,1-2H3/t8-,9-/m1/s1. The molecule has 0 saturated carbocycles. The van der Waals surface area contributed by atoms with Crippen LogP contribution >= 0.6 is 0 Å². The van der Waals surface area contributed by atoms with Crippen LogP contribution in [0.5, 0.6) is 0 Å². The number of unbranched alkanes of at least 4 members (excludes halogenated alkanes) is 2. The van der Waals surface area contributed by atoms with E-state index in [1.807, 2.05) is 0 Å². The van der Waals surface area contributed by atoms with Crippen LogP contribution in [-0.2, 0) is 4.79 Å². The lowest BCUT2D eigenvalue weighted by Crippen LogP contribution is -2.40. The van der Waals surface area contributed by atoms with Crippen molar-refractivity contribution in [3.8, 4) is 0 Å². The Morgan fingerprint density at radius 2 is 2.17 bits per heavy atom. The summed E-state index contributed by atoms with van der Waals surface area (Å²) in [5.41, 5.74) is 0. The Morgan fingerprint density at radius 3 is 2.58 bits per heavy atom. The van der Waals surface area contributed by atoms with Crippen molar-refractivity contribution in [2.75, 3.05) is 6.54 Å². The number of rotatable bonds is 7. The van der Waals surface area contributed by atoms with Gasteiger partial charge in [0.2, 0.25) is 0 Å². The van der Waals surface area contributed by atoms with Crippen LogP contribution in [-0.4, -0.2) is 30.1 Å². The molecule has 2 N–H and O–H groups in total. The van der Waals surface area contributed by atoms with E-state index >= 15 is 0 Å². The second-order valence-corrected chi connectivity index (χ2v) is 3.06. The highest BCUT2D eigenvalue weighted by atomic mass is 16.3. The molecule has 0 aliphatic carbocycles. The van der Waals surface area contributed by atoms with Gasteiger partial charge >= 0.3 is 0 Å². The zero-order chi connectivity index (χ0) is 9.40. The van der Waals surface area contributed by atoms with Gasteiger partial charge in [-0.15, -0.1) is 0 Å². The molecule has 0 heterocycles. The molecule has 0 aliphatic rings. The van der Waals surface area contributed by atoms with Crippen molar-refractivity contribution in [2.24, 2.45) is 0 Å². The minimum atomic E-state index is -0.593. The smallest absolute Gasteiger partial charge is 0.139 e. The third-order valence-electron chi connectivity index (χ3n) is 1.83. The first-order chi connectivity index (χ1) is 5.72. The highest BCUT2D eigenvalue weighted by Crippen LogP contribution is 1.93. The van der Waals surface area contributed by atoms with E-state index in [-0.39, 0.29) is 0 Å². The van der Waals surface area contributed by atoms with Crippen molar-refractivity contribution in [2.45, 2.75) is 45.3 Å². The number of hydrogen-bond donors (Lipinski definition) is 2.